The fraction of sp³-hybridized carbons (Fsp3) is 0.381. The maximum Gasteiger partial charge on any atom is 0.252 e. The van der Waals surface area contributed by atoms with Crippen molar-refractivity contribution in [3.05, 3.63) is 60.0 Å². The molecule has 1 aliphatic rings. The number of carbonyl (C=O) groups is 1. The Balaban J connectivity index is 1.49. The van der Waals surface area contributed by atoms with Gasteiger partial charge in [-0.15, -0.1) is 5.10 Å². The largest absolute Gasteiger partial charge is 0.356 e. The van der Waals surface area contributed by atoms with Gasteiger partial charge in [-0.25, -0.2) is 4.98 Å². The van der Waals surface area contributed by atoms with Gasteiger partial charge in [-0.1, -0.05) is 25.1 Å². The molecule has 150 valence electrons. The van der Waals surface area contributed by atoms with E-state index < -0.39 is 0 Å². The molecule has 3 aromatic rings. The molecule has 0 aliphatic carbocycles. The third-order valence-corrected chi connectivity index (χ3v) is 5.22. The molecule has 0 unspecified atom stereocenters. The van der Waals surface area contributed by atoms with E-state index in [2.05, 4.69) is 37.6 Å². The predicted molar refractivity (Wildman–Crippen MR) is 110 cm³/mol. The van der Waals surface area contributed by atoms with E-state index in [1.165, 1.54) is 6.42 Å². The lowest BCUT2D eigenvalue weighted by Crippen LogP contribution is -2.35. The van der Waals surface area contributed by atoms with Crippen molar-refractivity contribution >= 4 is 11.7 Å². The van der Waals surface area contributed by atoms with Crippen molar-refractivity contribution in [3.8, 4) is 5.69 Å². The maximum atomic E-state index is 12.9. The minimum absolute atomic E-state index is 0.172. The van der Waals surface area contributed by atoms with Crippen LogP contribution in [0.15, 0.2) is 48.7 Å². The average molecular weight is 391 g/mol. The molecule has 1 amide bonds. The Morgan fingerprint density at radius 2 is 2.07 bits per heavy atom. The van der Waals surface area contributed by atoms with Crippen LogP contribution < -0.4 is 10.2 Å². The normalized spacial score (nSPS) is 17.7. The molecule has 2 aromatic heterocycles. The Morgan fingerprint density at radius 1 is 1.24 bits per heavy atom. The van der Waals surface area contributed by atoms with Crippen LogP contribution in [0.4, 0.5) is 5.82 Å². The highest BCUT2D eigenvalue weighted by atomic mass is 16.1. The molecule has 4 rings (SSSR count). The number of hydrogen-bond donors (Lipinski definition) is 1. The summed E-state index contributed by atoms with van der Waals surface area (Å²) in [7, 11) is 0. The van der Waals surface area contributed by atoms with E-state index in [9.17, 15) is 4.79 Å². The lowest BCUT2D eigenvalue weighted by Gasteiger charge is -2.32. The monoisotopic (exact) mass is 391 g/mol. The third kappa shape index (κ3) is 4.26. The van der Waals surface area contributed by atoms with E-state index in [0.717, 1.165) is 31.0 Å². The van der Waals surface area contributed by atoms with E-state index >= 15 is 0 Å². The Morgan fingerprint density at radius 3 is 2.86 bits per heavy atom. The van der Waals surface area contributed by atoms with Gasteiger partial charge in [0.2, 0.25) is 0 Å². The number of piperidine rings is 1. The zero-order chi connectivity index (χ0) is 20.2. The summed E-state index contributed by atoms with van der Waals surface area (Å²) >= 11 is 0. The van der Waals surface area contributed by atoms with Crippen molar-refractivity contribution in [1.82, 2.24) is 30.5 Å². The SMILES string of the molecule is C[C@@H]1CCCN(c2cc(C(=O)N[C@@H](C)c3nnnn3-c3ccccc3)ccn2)C1. The zero-order valence-electron chi connectivity index (χ0n) is 16.7. The second-order valence-electron chi connectivity index (χ2n) is 7.58. The third-order valence-electron chi connectivity index (χ3n) is 5.22. The van der Waals surface area contributed by atoms with Crippen LogP contribution >= 0.6 is 0 Å². The van der Waals surface area contributed by atoms with Crippen molar-refractivity contribution in [1.29, 1.82) is 0 Å². The first-order valence-electron chi connectivity index (χ1n) is 9.97. The van der Waals surface area contributed by atoms with Gasteiger partial charge in [-0.2, -0.15) is 4.68 Å². The van der Waals surface area contributed by atoms with Crippen LogP contribution in [0.25, 0.3) is 5.69 Å². The second kappa shape index (κ2) is 8.38. The topological polar surface area (TPSA) is 88.8 Å². The van der Waals surface area contributed by atoms with E-state index in [1.807, 2.05) is 43.3 Å². The van der Waals surface area contributed by atoms with Crippen LogP contribution in [0.3, 0.4) is 0 Å². The molecule has 1 saturated heterocycles. The van der Waals surface area contributed by atoms with Gasteiger partial charge in [0.15, 0.2) is 5.82 Å². The van der Waals surface area contributed by atoms with Crippen LogP contribution in [-0.2, 0) is 0 Å². The number of anilines is 1. The Hall–Kier alpha value is -3.29. The molecule has 2 atom stereocenters. The number of pyridine rings is 1. The number of nitrogens with one attached hydrogen (secondary N) is 1. The highest BCUT2D eigenvalue weighted by Crippen LogP contribution is 2.22. The lowest BCUT2D eigenvalue weighted by molar-refractivity contribution is 0.0937. The first-order valence-corrected chi connectivity index (χ1v) is 9.97. The zero-order valence-corrected chi connectivity index (χ0v) is 16.7. The average Bonchev–Trinajstić information content (AvgIpc) is 3.24. The molecule has 29 heavy (non-hydrogen) atoms. The van der Waals surface area contributed by atoms with E-state index in [0.29, 0.717) is 17.3 Å². The highest BCUT2D eigenvalue weighted by molar-refractivity contribution is 5.95. The van der Waals surface area contributed by atoms with Gasteiger partial charge >= 0.3 is 0 Å². The molecule has 0 bridgehead atoms. The number of carbonyl (C=O) groups excluding carboxylic acids is 1. The first-order chi connectivity index (χ1) is 14.1. The Labute approximate surface area is 169 Å². The molecule has 3 heterocycles. The number of para-hydroxylation sites is 1. The molecule has 8 nitrogen and oxygen atoms in total. The highest BCUT2D eigenvalue weighted by Gasteiger charge is 2.21. The van der Waals surface area contributed by atoms with Gasteiger partial charge < -0.3 is 10.2 Å². The minimum Gasteiger partial charge on any atom is -0.356 e. The molecule has 0 radical (unpaired) electrons. The molecule has 1 aliphatic heterocycles. The molecule has 1 N–H and O–H groups in total. The fourth-order valence-electron chi connectivity index (χ4n) is 3.69. The smallest absolute Gasteiger partial charge is 0.252 e. The number of tetrazole rings is 1. The van der Waals surface area contributed by atoms with Crippen LogP contribution in [0.1, 0.15) is 48.9 Å². The van der Waals surface area contributed by atoms with Gasteiger partial charge in [0.1, 0.15) is 5.82 Å². The number of rotatable bonds is 5. The summed E-state index contributed by atoms with van der Waals surface area (Å²) in [6.45, 7) is 6.07. The number of aromatic nitrogens is 5. The standard InChI is InChI=1S/C21H25N7O/c1-15-7-6-12-27(14-15)19-13-17(10-11-22-19)21(29)23-16(2)20-24-25-26-28(20)18-8-4-3-5-9-18/h3-5,8-11,13,15-16H,6-7,12,14H2,1-2H3,(H,23,29)/t15-,16+/m1/s1. The van der Waals surface area contributed by atoms with E-state index in [4.69, 9.17) is 0 Å². The molecule has 1 fully saturated rings. The number of amides is 1. The molecule has 0 saturated carbocycles. The van der Waals surface area contributed by atoms with Gasteiger partial charge in [-0.3, -0.25) is 4.79 Å². The molecular formula is C21H25N7O. The van der Waals surface area contributed by atoms with Crippen molar-refractivity contribution in [2.24, 2.45) is 5.92 Å². The summed E-state index contributed by atoms with van der Waals surface area (Å²) in [5.74, 6) is 1.89. The van der Waals surface area contributed by atoms with Gasteiger partial charge in [0.05, 0.1) is 11.7 Å². The number of benzene rings is 1. The lowest BCUT2D eigenvalue weighted by atomic mass is 10.0. The summed E-state index contributed by atoms with van der Waals surface area (Å²) < 4.78 is 1.64. The number of nitrogens with zero attached hydrogens (tertiary/aromatic N) is 6. The number of hydrogen-bond acceptors (Lipinski definition) is 6. The summed E-state index contributed by atoms with van der Waals surface area (Å²) in [6.07, 6.45) is 4.09. The predicted octanol–water partition coefficient (Wildman–Crippen LogP) is 2.78. The molecule has 8 heteroatoms. The Bertz CT molecular complexity index is 972. The summed E-state index contributed by atoms with van der Waals surface area (Å²) in [5.41, 5.74) is 1.43. The van der Waals surface area contributed by atoms with Crippen molar-refractivity contribution in [2.75, 3.05) is 18.0 Å². The summed E-state index contributed by atoms with van der Waals surface area (Å²) in [4.78, 5) is 19.6. The van der Waals surface area contributed by atoms with Crippen LogP contribution in [0.2, 0.25) is 0 Å². The van der Waals surface area contributed by atoms with E-state index in [1.54, 1.807) is 16.9 Å². The first kappa shape index (κ1) is 19.0. The molecule has 1 aromatic carbocycles. The summed E-state index contributed by atoms with van der Waals surface area (Å²) in [6, 6.07) is 12.9. The van der Waals surface area contributed by atoms with Crippen molar-refractivity contribution < 1.29 is 4.79 Å². The quantitative estimate of drug-likeness (QED) is 0.719. The summed E-state index contributed by atoms with van der Waals surface area (Å²) in [5, 5.41) is 14.9. The van der Waals surface area contributed by atoms with Gasteiger partial charge in [0, 0.05) is 24.8 Å². The fourth-order valence-corrected chi connectivity index (χ4v) is 3.69. The minimum atomic E-state index is -0.357. The maximum absolute atomic E-state index is 12.9. The van der Waals surface area contributed by atoms with Crippen molar-refractivity contribution in [3.63, 3.8) is 0 Å². The van der Waals surface area contributed by atoms with Crippen LogP contribution in [-0.4, -0.2) is 44.2 Å². The molecular weight excluding hydrogens is 366 g/mol. The van der Waals surface area contributed by atoms with Gasteiger partial charge in [0.25, 0.3) is 5.91 Å². The van der Waals surface area contributed by atoms with Crippen LogP contribution in [0.5, 0.6) is 0 Å². The van der Waals surface area contributed by atoms with Crippen molar-refractivity contribution in [2.45, 2.75) is 32.7 Å². The second-order valence-corrected chi connectivity index (χ2v) is 7.58. The van der Waals surface area contributed by atoms with Gasteiger partial charge in [-0.05, 0) is 60.4 Å². The molecule has 0 spiro atoms. The van der Waals surface area contributed by atoms with Crippen LogP contribution in [0, 0.1) is 5.92 Å². The van der Waals surface area contributed by atoms with E-state index in [-0.39, 0.29) is 11.9 Å². The Kier molecular flexibility index (Phi) is 5.50.